The summed E-state index contributed by atoms with van der Waals surface area (Å²) >= 11 is 0. The molecule has 3 rings (SSSR count). The van der Waals surface area contributed by atoms with E-state index in [1.165, 1.54) is 31.2 Å². The monoisotopic (exact) mass is 278 g/mol. The number of nitrogens with two attached hydrogens (primary N) is 1. The predicted molar refractivity (Wildman–Crippen MR) is 76.1 cm³/mol. The summed E-state index contributed by atoms with van der Waals surface area (Å²) in [6.45, 7) is 1.45. The second-order valence-corrected chi connectivity index (χ2v) is 5.68. The highest BCUT2D eigenvalue weighted by atomic mass is 16.7. The summed E-state index contributed by atoms with van der Waals surface area (Å²) in [5, 5.41) is 2.46. The minimum absolute atomic E-state index is 0.350. The molecule has 0 aromatic heterocycles. The van der Waals surface area contributed by atoms with Crippen molar-refractivity contribution in [2.45, 2.75) is 44.2 Å². The number of benzene rings is 1. The van der Waals surface area contributed by atoms with Gasteiger partial charge in [0.25, 0.3) is 0 Å². The standard InChI is InChI=1S/C16H23NO3/c1-18-14-5-3-2-4-13(14)17-9-8-12-6-7-15-16(10-12)20-11-19-15/h6-7,10,13-14,17H,2-5,8-9,11H2,1H3/p+1/t13-,14+/m1/s1. The molecule has 0 bridgehead atoms. The number of hydrogen-bond donors (Lipinski definition) is 1. The van der Waals surface area contributed by atoms with Gasteiger partial charge in [-0.05, 0) is 30.5 Å². The third-order valence-electron chi connectivity index (χ3n) is 4.40. The Morgan fingerprint density at radius 1 is 1.20 bits per heavy atom. The fourth-order valence-corrected chi connectivity index (χ4v) is 3.25. The van der Waals surface area contributed by atoms with E-state index in [-0.39, 0.29) is 0 Å². The molecule has 110 valence electrons. The first-order chi connectivity index (χ1) is 9.86. The highest BCUT2D eigenvalue weighted by molar-refractivity contribution is 5.44. The van der Waals surface area contributed by atoms with Crippen molar-refractivity contribution in [2.24, 2.45) is 0 Å². The van der Waals surface area contributed by atoms with Crippen LogP contribution in [0.2, 0.25) is 0 Å². The van der Waals surface area contributed by atoms with Crippen LogP contribution in [0.4, 0.5) is 0 Å². The van der Waals surface area contributed by atoms with Crippen molar-refractivity contribution in [3.05, 3.63) is 23.8 Å². The quantitative estimate of drug-likeness (QED) is 0.887. The molecular weight excluding hydrogens is 254 g/mol. The fraction of sp³-hybridized carbons (Fsp3) is 0.625. The molecule has 20 heavy (non-hydrogen) atoms. The van der Waals surface area contributed by atoms with Gasteiger partial charge < -0.3 is 19.5 Å². The summed E-state index contributed by atoms with van der Waals surface area (Å²) in [6.07, 6.45) is 6.63. The maximum Gasteiger partial charge on any atom is 0.231 e. The first-order valence-electron chi connectivity index (χ1n) is 7.61. The van der Waals surface area contributed by atoms with Gasteiger partial charge in [-0.15, -0.1) is 0 Å². The molecule has 4 nitrogen and oxygen atoms in total. The van der Waals surface area contributed by atoms with Crippen molar-refractivity contribution in [1.29, 1.82) is 0 Å². The first kappa shape index (κ1) is 13.7. The Hall–Kier alpha value is -1.26. The minimum atomic E-state index is 0.350. The van der Waals surface area contributed by atoms with Gasteiger partial charge in [-0.3, -0.25) is 0 Å². The van der Waals surface area contributed by atoms with Gasteiger partial charge in [0.15, 0.2) is 11.5 Å². The zero-order valence-electron chi connectivity index (χ0n) is 12.1. The second kappa shape index (κ2) is 6.46. The Kier molecular flexibility index (Phi) is 4.43. The van der Waals surface area contributed by atoms with Crippen LogP contribution < -0.4 is 14.8 Å². The molecule has 2 N–H and O–H groups in total. The maximum atomic E-state index is 5.60. The summed E-state index contributed by atoms with van der Waals surface area (Å²) in [5.74, 6) is 1.75. The van der Waals surface area contributed by atoms with Crippen LogP contribution in [0.25, 0.3) is 0 Å². The smallest absolute Gasteiger partial charge is 0.231 e. The molecule has 1 fully saturated rings. The van der Waals surface area contributed by atoms with Crippen molar-refractivity contribution in [2.75, 3.05) is 20.4 Å². The highest BCUT2D eigenvalue weighted by Gasteiger charge is 2.27. The van der Waals surface area contributed by atoms with E-state index in [1.807, 2.05) is 13.2 Å². The zero-order chi connectivity index (χ0) is 13.8. The molecule has 1 aliphatic carbocycles. The van der Waals surface area contributed by atoms with Gasteiger partial charge in [0.2, 0.25) is 6.79 Å². The van der Waals surface area contributed by atoms with Gasteiger partial charge in [0.1, 0.15) is 12.1 Å². The summed E-state index contributed by atoms with van der Waals surface area (Å²) in [5.41, 5.74) is 1.32. The number of quaternary nitrogens is 1. The molecular formula is C16H24NO3+. The lowest BCUT2D eigenvalue weighted by molar-refractivity contribution is -0.698. The highest BCUT2D eigenvalue weighted by Crippen LogP contribution is 2.32. The van der Waals surface area contributed by atoms with Gasteiger partial charge in [-0.25, -0.2) is 0 Å². The molecule has 1 aliphatic heterocycles. The van der Waals surface area contributed by atoms with Crippen molar-refractivity contribution in [3.8, 4) is 11.5 Å². The van der Waals surface area contributed by atoms with Crippen LogP contribution in [0.5, 0.6) is 11.5 Å². The second-order valence-electron chi connectivity index (χ2n) is 5.68. The van der Waals surface area contributed by atoms with Gasteiger partial charge >= 0.3 is 0 Å². The number of hydrogen-bond acceptors (Lipinski definition) is 3. The normalized spacial score (nSPS) is 24.9. The van der Waals surface area contributed by atoms with Gasteiger partial charge in [0, 0.05) is 20.0 Å². The molecule has 0 radical (unpaired) electrons. The topological polar surface area (TPSA) is 44.3 Å². The molecule has 1 saturated carbocycles. The zero-order valence-corrected chi connectivity index (χ0v) is 12.1. The molecule has 1 aromatic rings. The molecule has 4 heteroatoms. The van der Waals surface area contributed by atoms with Crippen LogP contribution in [-0.4, -0.2) is 32.6 Å². The SMILES string of the molecule is CO[C@H]1CCCC[C@H]1[NH2+]CCc1ccc2c(c1)OCO2. The molecule has 0 saturated heterocycles. The molecule has 1 aromatic carbocycles. The largest absolute Gasteiger partial charge is 0.454 e. The van der Waals surface area contributed by atoms with Crippen LogP contribution in [0.15, 0.2) is 18.2 Å². The Bertz CT molecular complexity index is 449. The molecule has 1 heterocycles. The lowest BCUT2D eigenvalue weighted by Gasteiger charge is -2.28. The third kappa shape index (κ3) is 3.07. The Morgan fingerprint density at radius 3 is 2.95 bits per heavy atom. The molecule has 0 unspecified atom stereocenters. The van der Waals surface area contributed by atoms with Crippen molar-refractivity contribution in [3.63, 3.8) is 0 Å². The fourth-order valence-electron chi connectivity index (χ4n) is 3.25. The van der Waals surface area contributed by atoms with Crippen LogP contribution in [0.1, 0.15) is 31.2 Å². The average molecular weight is 278 g/mol. The number of rotatable bonds is 5. The van der Waals surface area contributed by atoms with Crippen LogP contribution in [0.3, 0.4) is 0 Å². The molecule has 0 spiro atoms. The average Bonchev–Trinajstić information content (AvgIpc) is 2.95. The van der Waals surface area contributed by atoms with Gasteiger partial charge in [-0.1, -0.05) is 12.5 Å². The minimum Gasteiger partial charge on any atom is -0.454 e. The van der Waals surface area contributed by atoms with Crippen molar-refractivity contribution < 1.29 is 19.5 Å². The van der Waals surface area contributed by atoms with E-state index in [4.69, 9.17) is 14.2 Å². The van der Waals surface area contributed by atoms with E-state index in [0.29, 0.717) is 18.9 Å². The van der Waals surface area contributed by atoms with E-state index in [9.17, 15) is 0 Å². The third-order valence-corrected chi connectivity index (χ3v) is 4.40. The summed E-state index contributed by atoms with van der Waals surface area (Å²) in [6, 6.07) is 6.87. The van der Waals surface area contributed by atoms with E-state index < -0.39 is 0 Å². The van der Waals surface area contributed by atoms with E-state index in [1.54, 1.807) is 0 Å². The van der Waals surface area contributed by atoms with Crippen LogP contribution >= 0.6 is 0 Å². The number of methoxy groups -OCH3 is 1. The molecule has 2 aliphatic rings. The number of fused-ring (bicyclic) bond motifs is 1. The van der Waals surface area contributed by atoms with Crippen molar-refractivity contribution in [1.82, 2.24) is 0 Å². The van der Waals surface area contributed by atoms with E-state index in [0.717, 1.165) is 24.5 Å². The van der Waals surface area contributed by atoms with Gasteiger partial charge in [-0.2, -0.15) is 0 Å². The van der Waals surface area contributed by atoms with E-state index >= 15 is 0 Å². The Balaban J connectivity index is 1.49. The van der Waals surface area contributed by atoms with Gasteiger partial charge in [0.05, 0.1) is 6.54 Å². The maximum absolute atomic E-state index is 5.60. The first-order valence-corrected chi connectivity index (χ1v) is 7.61. The van der Waals surface area contributed by atoms with Crippen LogP contribution in [-0.2, 0) is 11.2 Å². The molecule has 0 amide bonds. The van der Waals surface area contributed by atoms with Crippen LogP contribution in [0, 0.1) is 0 Å². The summed E-state index contributed by atoms with van der Waals surface area (Å²) in [4.78, 5) is 0. The van der Waals surface area contributed by atoms with E-state index in [2.05, 4.69) is 17.4 Å². The predicted octanol–water partition coefficient (Wildman–Crippen LogP) is 1.48. The summed E-state index contributed by atoms with van der Waals surface area (Å²) < 4.78 is 16.4. The molecule has 2 atom stereocenters. The lowest BCUT2D eigenvalue weighted by atomic mass is 9.92. The Labute approximate surface area is 120 Å². The Morgan fingerprint density at radius 2 is 2.05 bits per heavy atom. The number of ether oxygens (including phenoxy) is 3. The summed E-state index contributed by atoms with van der Waals surface area (Å²) in [7, 11) is 1.84. The van der Waals surface area contributed by atoms with Crippen molar-refractivity contribution >= 4 is 0 Å². The lowest BCUT2D eigenvalue weighted by Crippen LogP contribution is -2.93.